The molecule has 1 N–H and O–H groups in total. The molecule has 252 valence electrons. The number of carbonyl (C=O) groups is 2. The van der Waals surface area contributed by atoms with Crippen LogP contribution in [-0.4, -0.2) is 63.2 Å². The monoisotopic (exact) mass is 696 g/mol. The third-order valence-corrected chi connectivity index (χ3v) is 7.36. The van der Waals surface area contributed by atoms with E-state index in [9.17, 15) is 35.9 Å². The highest BCUT2D eigenvalue weighted by atomic mass is 32.2. The van der Waals surface area contributed by atoms with Crippen molar-refractivity contribution < 1.29 is 49.8 Å². The van der Waals surface area contributed by atoms with E-state index in [1.807, 2.05) is 0 Å². The van der Waals surface area contributed by atoms with Crippen molar-refractivity contribution in [3.8, 4) is 22.8 Å². The maximum atomic E-state index is 15.1. The molecule has 1 fully saturated rings. The van der Waals surface area contributed by atoms with Crippen LogP contribution in [0.15, 0.2) is 72.0 Å². The van der Waals surface area contributed by atoms with Gasteiger partial charge in [0.2, 0.25) is 5.91 Å². The smallest absolute Gasteiger partial charge is 0.422 e. The fourth-order valence-corrected chi connectivity index (χ4v) is 5.19. The summed E-state index contributed by atoms with van der Waals surface area (Å²) < 4.78 is 101. The molecule has 1 aliphatic rings. The van der Waals surface area contributed by atoms with Gasteiger partial charge in [-0.3, -0.25) is 9.69 Å². The Kier molecular flexibility index (Phi) is 10.0. The van der Waals surface area contributed by atoms with Gasteiger partial charge in [0.25, 0.3) is 0 Å². The molecule has 0 spiro atoms. The van der Waals surface area contributed by atoms with Crippen LogP contribution < -0.4 is 15.0 Å². The summed E-state index contributed by atoms with van der Waals surface area (Å²) in [5.74, 6) is -1.32. The van der Waals surface area contributed by atoms with Gasteiger partial charge < -0.3 is 14.8 Å². The van der Waals surface area contributed by atoms with Crippen LogP contribution >= 0.6 is 11.8 Å². The Bertz CT molecular complexity index is 1840. The number of nitrogens with one attached hydrogen (secondary N) is 1. The molecular formula is C30H23F7N6O4S. The number of alkyl halides is 6. The number of thioether (sulfide) groups is 1. The van der Waals surface area contributed by atoms with Crippen LogP contribution in [0.3, 0.4) is 0 Å². The number of aliphatic imine (C=N–C) groups is 1. The lowest BCUT2D eigenvalue weighted by Crippen LogP contribution is -2.31. The Labute approximate surface area is 271 Å². The van der Waals surface area contributed by atoms with Crippen molar-refractivity contribution in [3.05, 3.63) is 83.9 Å². The number of rotatable bonds is 9. The number of carbonyl (C=O) groups excluding carboxylic acids is 2. The van der Waals surface area contributed by atoms with Crippen molar-refractivity contribution in [1.29, 1.82) is 0 Å². The molecular weight excluding hydrogens is 673 g/mol. The van der Waals surface area contributed by atoms with Crippen molar-refractivity contribution in [2.45, 2.75) is 25.9 Å². The largest absolute Gasteiger partial charge is 0.484 e. The number of aromatic nitrogens is 3. The van der Waals surface area contributed by atoms with Crippen molar-refractivity contribution in [1.82, 2.24) is 14.8 Å². The molecule has 3 aromatic carbocycles. The lowest BCUT2D eigenvalue weighted by molar-refractivity contribution is -0.176. The van der Waals surface area contributed by atoms with Crippen LogP contribution in [0.4, 0.5) is 46.9 Å². The van der Waals surface area contributed by atoms with E-state index in [0.29, 0.717) is 11.3 Å². The summed E-state index contributed by atoms with van der Waals surface area (Å²) in [6.45, 7) is -1.67. The van der Waals surface area contributed by atoms with Gasteiger partial charge in [0.1, 0.15) is 24.5 Å². The van der Waals surface area contributed by atoms with E-state index in [-0.39, 0.29) is 45.0 Å². The van der Waals surface area contributed by atoms with Crippen molar-refractivity contribution >= 4 is 40.2 Å². The molecule has 0 aliphatic carbocycles. The van der Waals surface area contributed by atoms with Crippen LogP contribution in [0, 0.1) is 12.7 Å². The zero-order valence-corrected chi connectivity index (χ0v) is 25.4. The summed E-state index contributed by atoms with van der Waals surface area (Å²) in [6, 6.07) is 13.0. The van der Waals surface area contributed by atoms with Gasteiger partial charge in [0.15, 0.2) is 17.6 Å². The number of amides is 3. The van der Waals surface area contributed by atoms with Gasteiger partial charge in [0.05, 0.1) is 29.4 Å². The third-order valence-electron chi connectivity index (χ3n) is 6.43. The molecule has 1 aliphatic heterocycles. The van der Waals surface area contributed by atoms with E-state index < -0.39 is 49.9 Å². The van der Waals surface area contributed by atoms with E-state index in [1.54, 1.807) is 19.1 Å². The first-order valence-corrected chi connectivity index (χ1v) is 14.7. The average Bonchev–Trinajstić information content (AvgIpc) is 3.64. The molecule has 10 nitrogen and oxygen atoms in total. The molecule has 1 aromatic heterocycles. The quantitative estimate of drug-likeness (QED) is 0.187. The fraction of sp³-hybridized carbons (Fsp3) is 0.233. The van der Waals surface area contributed by atoms with Crippen LogP contribution in [0.5, 0.6) is 5.75 Å². The number of halogens is 7. The summed E-state index contributed by atoms with van der Waals surface area (Å²) in [6.07, 6.45) is -7.71. The number of ether oxygens (including phenoxy) is 2. The van der Waals surface area contributed by atoms with Crippen LogP contribution in [0.25, 0.3) is 17.1 Å². The predicted octanol–water partition coefficient (Wildman–Crippen LogP) is 7.07. The van der Waals surface area contributed by atoms with E-state index in [0.717, 1.165) is 22.7 Å². The van der Waals surface area contributed by atoms with Crippen molar-refractivity contribution in [3.63, 3.8) is 0 Å². The number of aryl methyl sites for hydroxylation is 1. The molecule has 3 amide bonds. The zero-order chi connectivity index (χ0) is 34.6. The second-order valence-electron chi connectivity index (χ2n) is 10.2. The number of nitrogens with zero attached hydrogens (tertiary/aromatic N) is 5. The molecule has 0 bridgehead atoms. The Morgan fingerprint density at radius 1 is 1.00 bits per heavy atom. The highest BCUT2D eigenvalue weighted by Crippen LogP contribution is 2.32. The zero-order valence-electron chi connectivity index (χ0n) is 24.6. The summed E-state index contributed by atoms with van der Waals surface area (Å²) >= 11 is 0.923. The van der Waals surface area contributed by atoms with Crippen LogP contribution in [0.1, 0.15) is 11.1 Å². The Morgan fingerprint density at radius 2 is 1.73 bits per heavy atom. The summed E-state index contributed by atoms with van der Waals surface area (Å²) in [5, 5.41) is 6.50. The van der Waals surface area contributed by atoms with Gasteiger partial charge in [-0.25, -0.2) is 18.9 Å². The van der Waals surface area contributed by atoms with E-state index in [2.05, 4.69) is 25.1 Å². The first-order chi connectivity index (χ1) is 22.6. The summed E-state index contributed by atoms with van der Waals surface area (Å²) in [4.78, 5) is 34.7. The Morgan fingerprint density at radius 3 is 2.42 bits per heavy atom. The van der Waals surface area contributed by atoms with Crippen molar-refractivity contribution in [2.75, 3.05) is 29.2 Å². The minimum atomic E-state index is -4.55. The number of hydrogen-bond acceptors (Lipinski definition) is 7. The van der Waals surface area contributed by atoms with Crippen molar-refractivity contribution in [2.24, 2.45) is 4.99 Å². The number of hydrogen-bond donors (Lipinski definition) is 1. The fourth-order valence-electron chi connectivity index (χ4n) is 4.33. The normalized spacial score (nSPS) is 14.5. The second kappa shape index (κ2) is 14.0. The first-order valence-electron chi connectivity index (χ1n) is 13.8. The van der Waals surface area contributed by atoms with Crippen LogP contribution in [0.2, 0.25) is 0 Å². The maximum Gasteiger partial charge on any atom is 0.422 e. The lowest BCUT2D eigenvalue weighted by atomic mass is 10.1. The lowest BCUT2D eigenvalue weighted by Gasteiger charge is -2.21. The predicted molar refractivity (Wildman–Crippen MR) is 162 cm³/mol. The molecule has 5 rings (SSSR count). The van der Waals surface area contributed by atoms with Gasteiger partial charge in [-0.05, 0) is 61.0 Å². The molecule has 0 atom stereocenters. The highest BCUT2D eigenvalue weighted by Gasteiger charge is 2.33. The Hall–Kier alpha value is -4.97. The van der Waals surface area contributed by atoms with E-state index in [1.165, 1.54) is 53.5 Å². The molecule has 2 heterocycles. The topological polar surface area (TPSA) is 111 Å². The number of urea groups is 1. The third kappa shape index (κ3) is 8.88. The van der Waals surface area contributed by atoms with E-state index >= 15 is 4.39 Å². The van der Waals surface area contributed by atoms with Gasteiger partial charge in [0, 0.05) is 11.1 Å². The number of amidine groups is 1. The Balaban J connectivity index is 1.27. The number of anilines is 2. The highest BCUT2D eigenvalue weighted by molar-refractivity contribution is 8.15. The van der Waals surface area contributed by atoms with Gasteiger partial charge in [-0.1, -0.05) is 23.9 Å². The minimum Gasteiger partial charge on any atom is -0.484 e. The second-order valence-corrected chi connectivity index (χ2v) is 11.1. The van der Waals surface area contributed by atoms with Gasteiger partial charge >= 0.3 is 18.4 Å². The minimum absolute atomic E-state index is 0.00135. The summed E-state index contributed by atoms with van der Waals surface area (Å²) in [7, 11) is 0. The number of benzene rings is 3. The summed E-state index contributed by atoms with van der Waals surface area (Å²) in [5.41, 5.74) is 1.58. The molecule has 4 aromatic rings. The van der Waals surface area contributed by atoms with E-state index in [4.69, 9.17) is 4.74 Å². The van der Waals surface area contributed by atoms with Crippen LogP contribution in [-0.2, 0) is 16.1 Å². The molecule has 0 unspecified atom stereocenters. The van der Waals surface area contributed by atoms with Gasteiger partial charge in [-0.2, -0.15) is 31.3 Å². The first kappa shape index (κ1) is 34.4. The molecule has 1 saturated heterocycles. The molecule has 0 radical (unpaired) electrons. The molecule has 48 heavy (non-hydrogen) atoms. The average molecular weight is 697 g/mol. The molecule has 18 heteroatoms. The van der Waals surface area contributed by atoms with Gasteiger partial charge in [-0.15, -0.1) is 5.10 Å². The maximum absolute atomic E-state index is 15.1. The standard InChI is InChI=1S/C30H23F7N6O4S/c1-17-2-3-19(12-46-14-29(32,33)34)24(10-17)43-25(44)13-48-28(43)40-27(45)39-23-9-4-18(11-22(23)31)26-38-16-42(41-26)20-5-7-21(8-6-20)47-15-30(35,36)37/h2-11,16H,12-15H2,1H3,(H,39,45). The molecule has 0 saturated carbocycles. The SMILES string of the molecule is Cc1ccc(COCC(F)(F)F)c(N2C(=O)CSC2=NC(=O)Nc2ccc(-c3ncn(-c4ccc(OCC(F)(F)F)cc4)n3)cc2F)c1.